The maximum Gasteiger partial charge on any atom is 0.416 e. The van der Waals surface area contributed by atoms with Gasteiger partial charge < -0.3 is 4.79 Å². The number of alkyl halides is 3. The first-order chi connectivity index (χ1) is 7.45. The van der Waals surface area contributed by atoms with Crippen LogP contribution in [0.2, 0.25) is 0 Å². The molecule has 16 heavy (non-hydrogen) atoms. The van der Waals surface area contributed by atoms with Gasteiger partial charge in [0.15, 0.2) is 0 Å². The van der Waals surface area contributed by atoms with Gasteiger partial charge in [0.2, 0.25) is 0 Å². The van der Waals surface area contributed by atoms with Crippen molar-refractivity contribution in [3.05, 3.63) is 41.2 Å². The summed E-state index contributed by atoms with van der Waals surface area (Å²) in [6, 6.07) is 2.21. The summed E-state index contributed by atoms with van der Waals surface area (Å²) in [6.45, 7) is 0. The number of halogens is 4. The third kappa shape index (κ3) is 3.18. The van der Waals surface area contributed by atoms with Crippen LogP contribution < -0.4 is 0 Å². The molecule has 1 aromatic carbocycles. The molecule has 0 N–H and O–H groups in total. The summed E-state index contributed by atoms with van der Waals surface area (Å²) < 4.78 is 50.2. The minimum absolute atomic E-state index is 0.00614. The lowest BCUT2D eigenvalue weighted by atomic mass is 10.1. The summed E-state index contributed by atoms with van der Waals surface area (Å²) in [6.07, 6.45) is -1.66. The highest BCUT2D eigenvalue weighted by molar-refractivity contribution is 5.60. The van der Waals surface area contributed by atoms with E-state index in [1.54, 1.807) is 0 Å². The molecule has 0 radical (unpaired) electrons. The summed E-state index contributed by atoms with van der Waals surface area (Å²) in [5, 5.41) is 0. The highest BCUT2D eigenvalue weighted by Gasteiger charge is 2.32. The average molecular weight is 232 g/mol. The monoisotopic (exact) mass is 232 g/mol. The zero-order valence-corrected chi connectivity index (χ0v) is 8.09. The van der Waals surface area contributed by atoms with Gasteiger partial charge in [-0.1, -0.05) is 12.2 Å². The van der Waals surface area contributed by atoms with Crippen molar-refractivity contribution in [1.82, 2.24) is 0 Å². The largest absolute Gasteiger partial charge is 0.416 e. The highest BCUT2D eigenvalue weighted by Crippen LogP contribution is 2.32. The van der Waals surface area contributed by atoms with E-state index in [1.807, 2.05) is 0 Å². The van der Waals surface area contributed by atoms with E-state index in [2.05, 4.69) is 0 Å². The Morgan fingerprint density at radius 2 is 1.94 bits per heavy atom. The minimum atomic E-state index is -4.53. The molecule has 0 saturated carbocycles. The second-order valence-corrected chi connectivity index (χ2v) is 3.03. The Morgan fingerprint density at radius 1 is 1.25 bits per heavy atom. The van der Waals surface area contributed by atoms with Gasteiger partial charge in [-0.15, -0.1) is 0 Å². The fourth-order valence-corrected chi connectivity index (χ4v) is 1.18. The summed E-state index contributed by atoms with van der Waals surface area (Å²) in [5.41, 5.74) is -1.20. The van der Waals surface area contributed by atoms with Crippen LogP contribution in [-0.2, 0) is 11.0 Å². The van der Waals surface area contributed by atoms with Crippen molar-refractivity contribution in [3.8, 4) is 0 Å². The Balaban J connectivity index is 3.13. The van der Waals surface area contributed by atoms with E-state index in [0.29, 0.717) is 12.4 Å². The van der Waals surface area contributed by atoms with Crippen LogP contribution in [0.4, 0.5) is 17.6 Å². The van der Waals surface area contributed by atoms with E-state index < -0.39 is 17.6 Å². The molecular weight excluding hydrogens is 224 g/mol. The van der Waals surface area contributed by atoms with E-state index >= 15 is 0 Å². The lowest BCUT2D eigenvalue weighted by molar-refractivity contribution is -0.137. The smallest absolute Gasteiger partial charge is 0.303 e. The highest BCUT2D eigenvalue weighted by atomic mass is 19.4. The predicted octanol–water partition coefficient (Wildman–Crippen LogP) is 3.45. The first kappa shape index (κ1) is 12.4. The molecule has 0 spiro atoms. The summed E-state index contributed by atoms with van der Waals surface area (Å²) in [4.78, 5) is 10.00. The fraction of sp³-hybridized carbons (Fsp3) is 0.182. The normalized spacial score (nSPS) is 12.0. The third-order valence-electron chi connectivity index (χ3n) is 1.85. The van der Waals surface area contributed by atoms with Gasteiger partial charge in [0.05, 0.1) is 5.56 Å². The lowest BCUT2D eigenvalue weighted by Gasteiger charge is -2.09. The van der Waals surface area contributed by atoms with Gasteiger partial charge in [-0.05, 0) is 23.8 Å². The molecule has 0 aliphatic carbocycles. The van der Waals surface area contributed by atoms with Gasteiger partial charge >= 0.3 is 6.18 Å². The first-order valence-corrected chi connectivity index (χ1v) is 4.42. The Bertz CT molecular complexity index is 407. The van der Waals surface area contributed by atoms with Gasteiger partial charge in [0.1, 0.15) is 12.1 Å². The Kier molecular flexibility index (Phi) is 3.82. The second kappa shape index (κ2) is 4.92. The standard InChI is InChI=1S/C11H8F4O/c12-9-4-5-10(11(13,14)15)8(7-9)3-1-2-6-16/h1,3-7H,2H2. The maximum absolute atomic E-state index is 12.8. The molecule has 0 aliphatic heterocycles. The molecule has 0 heterocycles. The van der Waals surface area contributed by atoms with Crippen LogP contribution >= 0.6 is 0 Å². The molecule has 0 aliphatic rings. The maximum atomic E-state index is 12.8. The molecule has 1 aromatic rings. The van der Waals surface area contributed by atoms with Crippen molar-refractivity contribution in [1.29, 1.82) is 0 Å². The fourth-order valence-electron chi connectivity index (χ4n) is 1.18. The third-order valence-corrected chi connectivity index (χ3v) is 1.85. The first-order valence-electron chi connectivity index (χ1n) is 4.42. The van der Waals surface area contributed by atoms with E-state index in [9.17, 15) is 22.4 Å². The number of carbonyl (C=O) groups is 1. The van der Waals surface area contributed by atoms with Crippen molar-refractivity contribution < 1.29 is 22.4 Å². The molecule has 1 rings (SSSR count). The van der Waals surface area contributed by atoms with Crippen LogP contribution in [0.3, 0.4) is 0 Å². The predicted molar refractivity (Wildman–Crippen MR) is 51.1 cm³/mol. The molecule has 86 valence electrons. The Hall–Kier alpha value is -1.65. The SMILES string of the molecule is O=CCC=Cc1cc(F)ccc1C(F)(F)F. The van der Waals surface area contributed by atoms with Gasteiger partial charge in [0.25, 0.3) is 0 Å². The number of benzene rings is 1. The number of hydrogen-bond donors (Lipinski definition) is 0. The van der Waals surface area contributed by atoms with Gasteiger partial charge in [-0.2, -0.15) is 13.2 Å². The van der Waals surface area contributed by atoms with Crippen LogP contribution in [0.25, 0.3) is 6.08 Å². The van der Waals surface area contributed by atoms with Crippen molar-refractivity contribution in [2.24, 2.45) is 0 Å². The molecule has 5 heteroatoms. The van der Waals surface area contributed by atoms with Crippen molar-refractivity contribution >= 4 is 12.4 Å². The zero-order chi connectivity index (χ0) is 12.2. The van der Waals surface area contributed by atoms with E-state index in [4.69, 9.17) is 0 Å². The van der Waals surface area contributed by atoms with Crippen molar-refractivity contribution in [2.45, 2.75) is 12.6 Å². The van der Waals surface area contributed by atoms with Gasteiger partial charge in [-0.3, -0.25) is 0 Å². The number of rotatable bonds is 3. The summed E-state index contributed by atoms with van der Waals surface area (Å²) >= 11 is 0. The van der Waals surface area contributed by atoms with Gasteiger partial charge in [-0.25, -0.2) is 4.39 Å². The molecule has 0 fully saturated rings. The van der Waals surface area contributed by atoms with E-state index in [-0.39, 0.29) is 12.0 Å². The molecule has 0 bridgehead atoms. The van der Waals surface area contributed by atoms with Crippen LogP contribution in [-0.4, -0.2) is 6.29 Å². The van der Waals surface area contributed by atoms with E-state index in [0.717, 1.165) is 18.2 Å². The number of allylic oxidation sites excluding steroid dienone is 1. The molecule has 0 saturated heterocycles. The van der Waals surface area contributed by atoms with Gasteiger partial charge in [0, 0.05) is 6.42 Å². The summed E-state index contributed by atoms with van der Waals surface area (Å²) in [5.74, 6) is -0.751. The quantitative estimate of drug-likeness (QED) is 0.576. The molecule has 0 unspecified atom stereocenters. The van der Waals surface area contributed by atoms with E-state index in [1.165, 1.54) is 6.08 Å². The molecule has 0 amide bonds. The summed E-state index contributed by atoms with van der Waals surface area (Å²) in [7, 11) is 0. The molecular formula is C11H8F4O. The molecule has 0 atom stereocenters. The van der Waals surface area contributed by atoms with Crippen molar-refractivity contribution in [2.75, 3.05) is 0 Å². The second-order valence-electron chi connectivity index (χ2n) is 3.03. The molecule has 1 nitrogen and oxygen atoms in total. The van der Waals surface area contributed by atoms with Crippen LogP contribution in [0.15, 0.2) is 24.3 Å². The average Bonchev–Trinajstić information content (AvgIpc) is 2.16. The van der Waals surface area contributed by atoms with Crippen molar-refractivity contribution in [3.63, 3.8) is 0 Å². The van der Waals surface area contributed by atoms with Crippen LogP contribution in [0.1, 0.15) is 17.5 Å². The number of carbonyl (C=O) groups excluding carboxylic acids is 1. The molecule has 0 aromatic heterocycles. The minimum Gasteiger partial charge on any atom is -0.303 e. The Morgan fingerprint density at radius 3 is 2.50 bits per heavy atom. The van der Waals surface area contributed by atoms with Crippen LogP contribution in [0, 0.1) is 5.82 Å². The Labute approximate surface area is 89.4 Å². The number of hydrogen-bond acceptors (Lipinski definition) is 1. The zero-order valence-electron chi connectivity index (χ0n) is 8.09. The van der Waals surface area contributed by atoms with Crippen LogP contribution in [0.5, 0.6) is 0 Å². The lowest BCUT2D eigenvalue weighted by Crippen LogP contribution is -2.07. The topological polar surface area (TPSA) is 17.1 Å². The number of aldehydes is 1.